The summed E-state index contributed by atoms with van der Waals surface area (Å²) in [5.74, 6) is -0.114. The molecule has 0 radical (unpaired) electrons. The molecule has 3 aromatic carbocycles. The summed E-state index contributed by atoms with van der Waals surface area (Å²) >= 11 is 0. The van der Waals surface area contributed by atoms with Crippen LogP contribution >= 0.6 is 0 Å². The van der Waals surface area contributed by atoms with Gasteiger partial charge in [0.15, 0.2) is 0 Å². The van der Waals surface area contributed by atoms with Gasteiger partial charge in [-0.15, -0.1) is 0 Å². The van der Waals surface area contributed by atoms with Crippen molar-refractivity contribution in [1.82, 2.24) is 0 Å². The van der Waals surface area contributed by atoms with Crippen LogP contribution in [0.2, 0.25) is 0 Å². The van der Waals surface area contributed by atoms with Crippen molar-refractivity contribution in [3.05, 3.63) is 108 Å². The Balaban J connectivity index is 1.46. The first-order valence-electron chi connectivity index (χ1n) is 11.5. The second kappa shape index (κ2) is 12.1. The Kier molecular flexibility index (Phi) is 8.64. The van der Waals surface area contributed by atoms with Gasteiger partial charge in [-0.2, -0.15) is 0 Å². The molecule has 33 heavy (non-hydrogen) atoms. The highest BCUT2D eigenvalue weighted by molar-refractivity contribution is 5.15. The maximum atomic E-state index is 10.8. The summed E-state index contributed by atoms with van der Waals surface area (Å²) in [4.78, 5) is 0. The second-order valence-corrected chi connectivity index (χ2v) is 8.58. The summed E-state index contributed by atoms with van der Waals surface area (Å²) in [6.45, 7) is 1.62. The van der Waals surface area contributed by atoms with E-state index < -0.39 is 24.4 Å². The molecule has 0 aliphatic heterocycles. The van der Waals surface area contributed by atoms with Crippen molar-refractivity contribution >= 4 is 0 Å². The zero-order chi connectivity index (χ0) is 22.9. The summed E-state index contributed by atoms with van der Waals surface area (Å²) in [6, 6.07) is 29.7. The van der Waals surface area contributed by atoms with E-state index in [0.29, 0.717) is 32.8 Å². The van der Waals surface area contributed by atoms with Gasteiger partial charge >= 0.3 is 0 Å². The Morgan fingerprint density at radius 2 is 1.06 bits per heavy atom. The van der Waals surface area contributed by atoms with Gasteiger partial charge in [0.2, 0.25) is 0 Å². The van der Waals surface area contributed by atoms with Gasteiger partial charge in [-0.05, 0) is 23.1 Å². The largest absolute Gasteiger partial charge is 0.390 e. The fourth-order valence-electron chi connectivity index (χ4n) is 4.29. The average molecular weight is 449 g/mol. The summed E-state index contributed by atoms with van der Waals surface area (Å²) in [6.07, 6.45) is -2.61. The topological polar surface area (TPSA) is 68.2 Å². The molecule has 3 aromatic rings. The fraction of sp³-hybridized carbons (Fsp3) is 0.357. The van der Waals surface area contributed by atoms with Gasteiger partial charge in [-0.3, -0.25) is 0 Å². The maximum Gasteiger partial charge on any atom is 0.113 e. The molecular formula is C28H32O5. The lowest BCUT2D eigenvalue weighted by atomic mass is 9.81. The van der Waals surface area contributed by atoms with Crippen LogP contribution in [-0.4, -0.2) is 41.2 Å². The van der Waals surface area contributed by atoms with Crippen molar-refractivity contribution in [2.24, 2.45) is 5.92 Å². The van der Waals surface area contributed by atoms with Crippen LogP contribution in [0.3, 0.4) is 0 Å². The van der Waals surface area contributed by atoms with E-state index in [4.69, 9.17) is 14.2 Å². The molecule has 5 atom stereocenters. The number of hydrogen-bond donors (Lipinski definition) is 2. The van der Waals surface area contributed by atoms with Gasteiger partial charge in [-0.25, -0.2) is 0 Å². The normalized spacial score (nSPS) is 25.1. The Hall–Kier alpha value is -2.54. The molecule has 1 aliphatic rings. The van der Waals surface area contributed by atoms with Gasteiger partial charge in [0.25, 0.3) is 0 Å². The number of hydrogen-bond acceptors (Lipinski definition) is 5. The summed E-state index contributed by atoms with van der Waals surface area (Å²) in [5, 5.41) is 21.4. The first-order valence-corrected chi connectivity index (χ1v) is 11.5. The first kappa shape index (κ1) is 23.6. The highest BCUT2D eigenvalue weighted by atomic mass is 16.6. The minimum atomic E-state index is -1.03. The van der Waals surface area contributed by atoms with Crippen LogP contribution in [0.5, 0.6) is 0 Å². The summed E-state index contributed by atoms with van der Waals surface area (Å²) in [5.41, 5.74) is 3.14. The standard InChI is InChI=1S/C28H32O5/c29-25-16-24(20-31-17-21-10-4-1-5-11-21)27(32-18-22-12-6-2-7-13-22)28(26(25)30)33-19-23-14-8-3-9-15-23/h1-15,24-30H,16-20H2/t24-,25-,26-,27-,28-/m1/s1. The number of ether oxygens (including phenoxy) is 3. The van der Waals surface area contributed by atoms with Gasteiger partial charge in [0, 0.05) is 5.92 Å². The summed E-state index contributed by atoms with van der Waals surface area (Å²) in [7, 11) is 0. The maximum absolute atomic E-state index is 10.8. The molecule has 1 aliphatic carbocycles. The monoisotopic (exact) mass is 448 g/mol. The number of rotatable bonds is 10. The number of aliphatic hydroxyl groups is 2. The average Bonchev–Trinajstić information content (AvgIpc) is 2.86. The molecule has 0 saturated heterocycles. The molecule has 4 rings (SSSR count). The predicted octanol–water partition coefficient (Wildman–Crippen LogP) is 4.12. The molecule has 0 bridgehead atoms. The molecule has 1 fully saturated rings. The molecule has 0 heterocycles. The third kappa shape index (κ3) is 6.73. The molecule has 1 saturated carbocycles. The van der Waals surface area contributed by atoms with Crippen molar-refractivity contribution < 1.29 is 24.4 Å². The van der Waals surface area contributed by atoms with E-state index in [1.54, 1.807) is 0 Å². The van der Waals surface area contributed by atoms with Crippen LogP contribution < -0.4 is 0 Å². The van der Waals surface area contributed by atoms with Crippen LogP contribution in [0.1, 0.15) is 23.1 Å². The lowest BCUT2D eigenvalue weighted by Gasteiger charge is -2.43. The molecule has 0 amide bonds. The molecule has 2 N–H and O–H groups in total. The molecule has 5 heteroatoms. The summed E-state index contributed by atoms with van der Waals surface area (Å²) < 4.78 is 18.5. The van der Waals surface area contributed by atoms with Gasteiger partial charge < -0.3 is 24.4 Å². The Morgan fingerprint density at radius 3 is 1.58 bits per heavy atom. The number of benzene rings is 3. The van der Waals surface area contributed by atoms with E-state index in [1.807, 2.05) is 91.0 Å². The lowest BCUT2D eigenvalue weighted by Crippen LogP contribution is -2.56. The highest BCUT2D eigenvalue weighted by Crippen LogP contribution is 2.32. The minimum Gasteiger partial charge on any atom is -0.390 e. The third-order valence-electron chi connectivity index (χ3n) is 6.08. The van der Waals surface area contributed by atoms with Crippen LogP contribution in [0.4, 0.5) is 0 Å². The van der Waals surface area contributed by atoms with E-state index in [9.17, 15) is 10.2 Å². The minimum absolute atomic E-state index is 0.114. The zero-order valence-corrected chi connectivity index (χ0v) is 18.7. The SMILES string of the molecule is O[C@H]1[C@@H](OCc2ccccc2)[C@H](OCc2ccccc2)[C@@H](COCc2ccccc2)C[C@H]1O. The molecule has 0 aromatic heterocycles. The lowest BCUT2D eigenvalue weighted by molar-refractivity contribution is -0.208. The molecule has 174 valence electrons. The molecule has 0 unspecified atom stereocenters. The van der Waals surface area contributed by atoms with E-state index in [2.05, 4.69) is 0 Å². The predicted molar refractivity (Wildman–Crippen MR) is 126 cm³/mol. The third-order valence-corrected chi connectivity index (χ3v) is 6.08. The quantitative estimate of drug-likeness (QED) is 0.489. The second-order valence-electron chi connectivity index (χ2n) is 8.58. The van der Waals surface area contributed by atoms with Crippen LogP contribution in [0.15, 0.2) is 91.0 Å². The van der Waals surface area contributed by atoms with Crippen molar-refractivity contribution in [3.63, 3.8) is 0 Å². The van der Waals surface area contributed by atoms with Crippen molar-refractivity contribution in [2.45, 2.75) is 50.7 Å². The van der Waals surface area contributed by atoms with E-state index in [0.717, 1.165) is 16.7 Å². The Bertz CT molecular complexity index is 934. The molecule has 5 nitrogen and oxygen atoms in total. The number of aliphatic hydroxyl groups excluding tert-OH is 2. The van der Waals surface area contributed by atoms with Gasteiger partial charge in [-0.1, -0.05) is 91.0 Å². The first-order chi connectivity index (χ1) is 16.2. The smallest absolute Gasteiger partial charge is 0.113 e. The van der Waals surface area contributed by atoms with E-state index in [-0.39, 0.29) is 5.92 Å². The fourth-order valence-corrected chi connectivity index (χ4v) is 4.29. The van der Waals surface area contributed by atoms with Gasteiger partial charge in [0.1, 0.15) is 12.2 Å². The van der Waals surface area contributed by atoms with E-state index >= 15 is 0 Å². The molecule has 0 spiro atoms. The van der Waals surface area contributed by atoms with Crippen molar-refractivity contribution in [2.75, 3.05) is 6.61 Å². The van der Waals surface area contributed by atoms with Crippen molar-refractivity contribution in [1.29, 1.82) is 0 Å². The van der Waals surface area contributed by atoms with Gasteiger partial charge in [0.05, 0.1) is 38.6 Å². The Morgan fingerprint density at radius 1 is 0.606 bits per heavy atom. The van der Waals surface area contributed by atoms with Crippen LogP contribution in [0.25, 0.3) is 0 Å². The van der Waals surface area contributed by atoms with Crippen LogP contribution in [0, 0.1) is 5.92 Å². The van der Waals surface area contributed by atoms with E-state index in [1.165, 1.54) is 0 Å². The molecular weight excluding hydrogens is 416 g/mol. The van der Waals surface area contributed by atoms with Crippen LogP contribution in [-0.2, 0) is 34.0 Å². The Labute approximate surface area is 195 Å². The highest BCUT2D eigenvalue weighted by Gasteiger charge is 2.45. The van der Waals surface area contributed by atoms with Crippen molar-refractivity contribution in [3.8, 4) is 0 Å². The zero-order valence-electron chi connectivity index (χ0n) is 18.7.